The van der Waals surface area contributed by atoms with Gasteiger partial charge in [-0.15, -0.1) is 11.3 Å². The quantitative estimate of drug-likeness (QED) is 0.170. The second-order valence-corrected chi connectivity index (χ2v) is 18.0. The molecule has 5 aliphatic rings. The number of allylic oxidation sites excluding steroid dienone is 9. The van der Waals surface area contributed by atoms with Crippen molar-refractivity contribution in [2.75, 3.05) is 0 Å². The Morgan fingerprint density at radius 1 is 0.607 bits per heavy atom. The molecular formula is C55H42S. The number of aryl methyl sites for hydroxylation is 1. The lowest BCUT2D eigenvalue weighted by molar-refractivity contribution is 0.661. The van der Waals surface area contributed by atoms with Crippen LogP contribution in [0.5, 0.6) is 0 Å². The summed E-state index contributed by atoms with van der Waals surface area (Å²) in [5.41, 5.74) is 15.2. The molecule has 0 bridgehead atoms. The van der Waals surface area contributed by atoms with E-state index in [-0.39, 0.29) is 5.41 Å². The summed E-state index contributed by atoms with van der Waals surface area (Å²) in [6.07, 6.45) is 30.3. The van der Waals surface area contributed by atoms with Crippen LogP contribution in [0.4, 0.5) is 0 Å². The second kappa shape index (κ2) is 12.1. The van der Waals surface area contributed by atoms with E-state index in [2.05, 4.69) is 172 Å². The van der Waals surface area contributed by atoms with Gasteiger partial charge in [-0.3, -0.25) is 0 Å². The van der Waals surface area contributed by atoms with Crippen molar-refractivity contribution in [3.8, 4) is 33.4 Å². The second-order valence-electron chi connectivity index (χ2n) is 16.9. The van der Waals surface area contributed by atoms with Gasteiger partial charge in [0.2, 0.25) is 0 Å². The fourth-order valence-electron chi connectivity index (χ4n) is 10.8. The van der Waals surface area contributed by atoms with Gasteiger partial charge in [-0.25, -0.2) is 0 Å². The zero-order valence-electron chi connectivity index (χ0n) is 31.9. The van der Waals surface area contributed by atoms with Gasteiger partial charge < -0.3 is 0 Å². The summed E-state index contributed by atoms with van der Waals surface area (Å²) in [7, 11) is 0. The van der Waals surface area contributed by atoms with Crippen LogP contribution in [0.3, 0.4) is 0 Å². The van der Waals surface area contributed by atoms with Gasteiger partial charge in [-0.05, 0) is 155 Å². The van der Waals surface area contributed by atoms with Crippen molar-refractivity contribution in [3.63, 3.8) is 0 Å². The van der Waals surface area contributed by atoms with E-state index in [1.165, 1.54) is 108 Å². The Morgan fingerprint density at radius 2 is 1.38 bits per heavy atom. The van der Waals surface area contributed by atoms with E-state index in [0.29, 0.717) is 11.8 Å². The minimum absolute atomic E-state index is 0.0645. The van der Waals surface area contributed by atoms with Gasteiger partial charge in [-0.2, -0.15) is 0 Å². The third-order valence-corrected chi connectivity index (χ3v) is 14.7. The zero-order valence-corrected chi connectivity index (χ0v) is 32.7. The maximum absolute atomic E-state index is 2.51. The van der Waals surface area contributed by atoms with Gasteiger partial charge in [0.25, 0.3) is 0 Å². The van der Waals surface area contributed by atoms with Gasteiger partial charge in [0, 0.05) is 26.8 Å². The highest BCUT2D eigenvalue weighted by molar-refractivity contribution is 7.20. The molecule has 0 saturated carbocycles. The van der Waals surface area contributed by atoms with Crippen LogP contribution in [0, 0.1) is 11.8 Å². The van der Waals surface area contributed by atoms with Crippen molar-refractivity contribution in [3.05, 3.63) is 177 Å². The average Bonchev–Trinajstić information content (AvgIpc) is 3.72. The first kappa shape index (κ1) is 32.5. The van der Waals surface area contributed by atoms with E-state index in [4.69, 9.17) is 0 Å². The number of thiophene rings is 1. The van der Waals surface area contributed by atoms with Crippen LogP contribution < -0.4 is 10.4 Å². The number of fused-ring (bicyclic) bond motifs is 11. The molecule has 12 rings (SSSR count). The lowest BCUT2D eigenvalue weighted by atomic mass is 9.74. The van der Waals surface area contributed by atoms with Crippen LogP contribution in [0.25, 0.3) is 88.8 Å². The molecule has 268 valence electrons. The molecule has 0 fully saturated rings. The summed E-state index contributed by atoms with van der Waals surface area (Å²) in [4.78, 5) is 1.44. The lowest BCUT2D eigenvalue weighted by Crippen LogP contribution is -2.34. The third-order valence-electron chi connectivity index (χ3n) is 13.5. The van der Waals surface area contributed by atoms with Gasteiger partial charge >= 0.3 is 0 Å². The zero-order chi connectivity index (χ0) is 37.1. The molecule has 7 aromatic rings. The molecule has 2 unspecified atom stereocenters. The Labute approximate surface area is 332 Å². The fourth-order valence-corrected chi connectivity index (χ4v) is 12.0. The molecule has 0 nitrogen and oxygen atoms in total. The van der Waals surface area contributed by atoms with Crippen LogP contribution in [-0.2, 0) is 11.8 Å². The summed E-state index contributed by atoms with van der Waals surface area (Å²) in [5, 5.41) is 9.65. The fraction of sp³-hybridized carbons (Fsp3) is 0.164. The molecule has 56 heavy (non-hydrogen) atoms. The van der Waals surface area contributed by atoms with Crippen molar-refractivity contribution in [2.24, 2.45) is 11.8 Å². The van der Waals surface area contributed by atoms with Crippen molar-refractivity contribution in [1.82, 2.24) is 0 Å². The smallest absolute Gasteiger partial charge is 0.0358 e. The summed E-state index contributed by atoms with van der Waals surface area (Å²) < 4.78 is 1.41. The number of rotatable bonds is 3. The van der Waals surface area contributed by atoms with Crippen molar-refractivity contribution < 1.29 is 0 Å². The number of hydrogen-bond donors (Lipinski definition) is 0. The molecule has 0 aliphatic heterocycles. The largest absolute Gasteiger partial charge is 0.136 e. The molecular weight excluding hydrogens is 693 g/mol. The molecule has 0 amide bonds. The summed E-state index contributed by atoms with van der Waals surface area (Å²) in [6, 6.07) is 35.6. The number of hydrogen-bond acceptors (Lipinski definition) is 1. The SMILES string of the molecule is CC1(C)c2ccc(-c3cccc(-c4c5c(c(C6=CC=CC7C=CC=CC67)c6ccccc46)=CCCC=5)c3)cc2-c2c1ccc1cc3c4c(sc3cc21)C=CCC4. The highest BCUT2D eigenvalue weighted by atomic mass is 32.1. The van der Waals surface area contributed by atoms with E-state index >= 15 is 0 Å². The van der Waals surface area contributed by atoms with Crippen LogP contribution >= 0.6 is 11.3 Å². The summed E-state index contributed by atoms with van der Waals surface area (Å²) in [5.74, 6) is 0.758. The number of benzene rings is 6. The molecule has 0 N–H and O–H groups in total. The summed E-state index contributed by atoms with van der Waals surface area (Å²) >= 11 is 1.96. The van der Waals surface area contributed by atoms with Crippen molar-refractivity contribution in [2.45, 2.75) is 44.9 Å². The molecule has 0 spiro atoms. The maximum atomic E-state index is 2.51. The van der Waals surface area contributed by atoms with E-state index in [1.54, 1.807) is 0 Å². The predicted octanol–water partition coefficient (Wildman–Crippen LogP) is 13.5. The molecule has 1 heteroatoms. The van der Waals surface area contributed by atoms with Crippen LogP contribution in [0.1, 0.15) is 60.2 Å². The standard InChI is InChI=1S/C55H42S/c1-55(2)48-27-25-35(30-47(48)54-45-32-51-46(31-36(45)26-28-49(54)55)39-18-9-10-24-50(39)56-51)34-15-11-16-37(29-34)52-41-19-5-7-21-43(41)53(44-22-8-6-20-42(44)52)40-23-12-14-33-13-3-4-17-38(33)40/h3-5,7,10-17,19-33,38H,6,8-9,18H2,1-2H3. The first-order chi connectivity index (χ1) is 27.5. The molecule has 0 saturated heterocycles. The van der Waals surface area contributed by atoms with E-state index < -0.39 is 0 Å². The molecule has 1 aromatic heterocycles. The van der Waals surface area contributed by atoms with Crippen molar-refractivity contribution in [1.29, 1.82) is 0 Å². The van der Waals surface area contributed by atoms with Gasteiger partial charge in [0.15, 0.2) is 0 Å². The predicted molar refractivity (Wildman–Crippen MR) is 242 cm³/mol. The highest BCUT2D eigenvalue weighted by Gasteiger charge is 2.37. The molecule has 2 atom stereocenters. The Kier molecular flexibility index (Phi) is 7.03. The first-order valence-corrected chi connectivity index (χ1v) is 21.3. The Hall–Kier alpha value is -5.76. The monoisotopic (exact) mass is 734 g/mol. The van der Waals surface area contributed by atoms with Crippen LogP contribution in [0.2, 0.25) is 0 Å². The van der Waals surface area contributed by atoms with E-state index in [9.17, 15) is 0 Å². The normalized spacial score (nSPS) is 19.6. The highest BCUT2D eigenvalue weighted by Crippen LogP contribution is 2.53. The van der Waals surface area contributed by atoms with Crippen LogP contribution in [-0.4, -0.2) is 0 Å². The van der Waals surface area contributed by atoms with Gasteiger partial charge in [0.1, 0.15) is 0 Å². The third kappa shape index (κ3) is 4.64. The van der Waals surface area contributed by atoms with Crippen molar-refractivity contribution >= 4 is 66.8 Å². The Bertz CT molecular complexity index is 3170. The first-order valence-electron chi connectivity index (χ1n) is 20.5. The topological polar surface area (TPSA) is 0 Å². The molecule has 5 aliphatic carbocycles. The minimum atomic E-state index is -0.0645. The Morgan fingerprint density at radius 3 is 2.27 bits per heavy atom. The Balaban J connectivity index is 1.03. The lowest BCUT2D eigenvalue weighted by Gasteiger charge is -2.29. The van der Waals surface area contributed by atoms with E-state index in [0.717, 1.165) is 25.7 Å². The summed E-state index contributed by atoms with van der Waals surface area (Å²) in [6.45, 7) is 4.81. The molecule has 0 radical (unpaired) electrons. The average molecular weight is 735 g/mol. The minimum Gasteiger partial charge on any atom is -0.136 e. The van der Waals surface area contributed by atoms with Gasteiger partial charge in [-0.1, -0.05) is 141 Å². The van der Waals surface area contributed by atoms with E-state index in [1.807, 2.05) is 11.3 Å². The maximum Gasteiger partial charge on any atom is 0.0358 e. The van der Waals surface area contributed by atoms with Crippen LogP contribution in [0.15, 0.2) is 140 Å². The molecule has 6 aromatic carbocycles. The molecule has 1 heterocycles. The van der Waals surface area contributed by atoms with Gasteiger partial charge in [0.05, 0.1) is 0 Å².